The van der Waals surface area contributed by atoms with Crippen LogP contribution < -0.4 is 15.4 Å². The molecule has 7 nitrogen and oxygen atoms in total. The zero-order valence-electron chi connectivity index (χ0n) is 15.6. The van der Waals surface area contributed by atoms with Crippen molar-refractivity contribution >= 4 is 28.6 Å². The van der Waals surface area contributed by atoms with Gasteiger partial charge in [0.05, 0.1) is 7.11 Å². The van der Waals surface area contributed by atoms with Gasteiger partial charge >= 0.3 is 12.2 Å². The summed E-state index contributed by atoms with van der Waals surface area (Å²) >= 11 is 0. The molecule has 0 saturated carbocycles. The molecule has 0 aromatic heterocycles. The van der Waals surface area contributed by atoms with Crippen molar-refractivity contribution in [3.8, 4) is 5.75 Å². The normalized spacial score (nSPS) is 19.4. The number of methoxy groups -OCH3 is 1. The summed E-state index contributed by atoms with van der Waals surface area (Å²) in [5.41, 5.74) is -0.970. The van der Waals surface area contributed by atoms with Crippen molar-refractivity contribution in [2.45, 2.75) is 18.6 Å². The number of rotatable bonds is 5. The van der Waals surface area contributed by atoms with E-state index in [0.717, 1.165) is 10.8 Å². The van der Waals surface area contributed by atoms with Crippen LogP contribution in [0.2, 0.25) is 0 Å². The van der Waals surface area contributed by atoms with Crippen molar-refractivity contribution in [1.29, 1.82) is 0 Å². The monoisotopic (exact) mass is 409 g/mol. The molecule has 0 unspecified atom stereocenters. The van der Waals surface area contributed by atoms with Crippen molar-refractivity contribution in [2.24, 2.45) is 0 Å². The minimum Gasteiger partial charge on any atom is -0.497 e. The predicted octanol–water partition coefficient (Wildman–Crippen LogP) is 2.29. The number of hydrogen-bond acceptors (Lipinski definition) is 4. The van der Waals surface area contributed by atoms with E-state index >= 15 is 0 Å². The van der Waals surface area contributed by atoms with Gasteiger partial charge in [0.1, 0.15) is 24.4 Å². The van der Waals surface area contributed by atoms with Crippen molar-refractivity contribution in [1.82, 2.24) is 15.5 Å². The van der Waals surface area contributed by atoms with Gasteiger partial charge in [-0.05, 0) is 41.5 Å². The molecule has 1 fully saturated rings. The lowest BCUT2D eigenvalue weighted by molar-refractivity contribution is -0.141. The van der Waals surface area contributed by atoms with Crippen LogP contribution in [0.3, 0.4) is 0 Å². The molecule has 2 aromatic rings. The van der Waals surface area contributed by atoms with Gasteiger partial charge in [-0.25, -0.2) is 4.79 Å². The molecule has 1 aliphatic heterocycles. The molecule has 0 aliphatic carbocycles. The molecular weight excluding hydrogens is 391 g/mol. The van der Waals surface area contributed by atoms with Crippen LogP contribution in [0, 0.1) is 0 Å². The molecule has 0 bridgehead atoms. The zero-order chi connectivity index (χ0) is 21.4. The molecule has 1 atom stereocenters. The largest absolute Gasteiger partial charge is 0.497 e. The Kier molecular flexibility index (Phi) is 5.12. The lowest BCUT2D eigenvalue weighted by Crippen LogP contribution is -2.44. The first-order chi connectivity index (χ1) is 13.5. The van der Waals surface area contributed by atoms with E-state index < -0.39 is 42.7 Å². The Labute approximate surface area is 163 Å². The zero-order valence-corrected chi connectivity index (χ0v) is 15.6. The molecular formula is C19H18F3N3O4. The van der Waals surface area contributed by atoms with Crippen molar-refractivity contribution in [2.75, 3.05) is 20.2 Å². The summed E-state index contributed by atoms with van der Waals surface area (Å²) in [4.78, 5) is 37.4. The fourth-order valence-electron chi connectivity index (χ4n) is 3.10. The topological polar surface area (TPSA) is 87.7 Å². The van der Waals surface area contributed by atoms with Crippen LogP contribution in [-0.2, 0) is 15.1 Å². The lowest BCUT2D eigenvalue weighted by atomic mass is 9.90. The summed E-state index contributed by atoms with van der Waals surface area (Å²) in [6.07, 6.45) is -4.59. The number of nitrogens with one attached hydrogen (secondary N) is 2. The van der Waals surface area contributed by atoms with Gasteiger partial charge in [0.2, 0.25) is 5.91 Å². The summed E-state index contributed by atoms with van der Waals surface area (Å²) < 4.78 is 41.8. The van der Waals surface area contributed by atoms with E-state index in [1.807, 2.05) is 6.07 Å². The van der Waals surface area contributed by atoms with Crippen molar-refractivity contribution in [3.05, 3.63) is 42.0 Å². The number of halogens is 3. The molecule has 1 heterocycles. The average Bonchev–Trinajstić information content (AvgIpc) is 2.89. The number of ether oxygens (including phenoxy) is 1. The third-order valence-corrected chi connectivity index (χ3v) is 4.69. The Morgan fingerprint density at radius 2 is 1.83 bits per heavy atom. The van der Waals surface area contributed by atoms with Gasteiger partial charge in [0, 0.05) is 0 Å². The number of nitrogens with zero attached hydrogens (tertiary/aromatic N) is 1. The number of imide groups is 1. The number of urea groups is 1. The minimum absolute atomic E-state index is 0.478. The Balaban J connectivity index is 1.81. The standard InChI is InChI=1S/C19H18F3N3O4/c1-18(13-5-3-12-8-14(29-2)6-4-11(12)7-13)16(27)25(17(28)24-18)9-15(26)23-10-19(20,21)22/h3-8H,9-10H2,1-2H3,(H,23,26)(H,24,28)/t18-/m0/s1. The Bertz CT molecular complexity index is 992. The molecule has 4 amide bonds. The molecule has 10 heteroatoms. The smallest absolute Gasteiger partial charge is 0.405 e. The number of alkyl halides is 3. The van der Waals surface area contributed by atoms with Crippen molar-refractivity contribution < 1.29 is 32.3 Å². The lowest BCUT2D eigenvalue weighted by Gasteiger charge is -2.22. The molecule has 2 aromatic carbocycles. The van der Waals surface area contributed by atoms with E-state index in [1.54, 1.807) is 42.8 Å². The molecule has 1 saturated heterocycles. The van der Waals surface area contributed by atoms with Gasteiger partial charge in [-0.1, -0.05) is 18.2 Å². The first-order valence-corrected chi connectivity index (χ1v) is 8.59. The van der Waals surface area contributed by atoms with Gasteiger partial charge < -0.3 is 15.4 Å². The molecule has 3 rings (SSSR count). The Morgan fingerprint density at radius 1 is 1.17 bits per heavy atom. The highest BCUT2D eigenvalue weighted by atomic mass is 19.4. The predicted molar refractivity (Wildman–Crippen MR) is 97.2 cm³/mol. The van der Waals surface area contributed by atoms with E-state index in [2.05, 4.69) is 5.32 Å². The van der Waals surface area contributed by atoms with Gasteiger partial charge in [0.25, 0.3) is 5.91 Å². The fraction of sp³-hybridized carbons (Fsp3) is 0.316. The summed E-state index contributed by atoms with van der Waals surface area (Å²) in [5.74, 6) is -1.14. The second-order valence-corrected chi connectivity index (χ2v) is 6.77. The van der Waals surface area contributed by atoms with E-state index in [-0.39, 0.29) is 0 Å². The van der Waals surface area contributed by atoms with Crippen LogP contribution in [0.1, 0.15) is 12.5 Å². The van der Waals surface area contributed by atoms with Crippen LogP contribution in [0.4, 0.5) is 18.0 Å². The first-order valence-electron chi connectivity index (χ1n) is 8.59. The van der Waals surface area contributed by atoms with Crippen LogP contribution in [0.5, 0.6) is 5.75 Å². The average molecular weight is 409 g/mol. The maximum absolute atomic E-state index is 12.8. The molecule has 2 N–H and O–H groups in total. The van der Waals surface area contributed by atoms with Gasteiger partial charge in [-0.2, -0.15) is 13.2 Å². The van der Waals surface area contributed by atoms with E-state index in [4.69, 9.17) is 4.74 Å². The maximum Gasteiger partial charge on any atom is 0.405 e. The molecule has 154 valence electrons. The van der Waals surface area contributed by atoms with Gasteiger partial charge in [0.15, 0.2) is 0 Å². The van der Waals surface area contributed by atoms with Crippen LogP contribution in [0.15, 0.2) is 36.4 Å². The molecule has 1 aliphatic rings. The van der Waals surface area contributed by atoms with E-state index in [0.29, 0.717) is 16.2 Å². The third-order valence-electron chi connectivity index (χ3n) is 4.69. The van der Waals surface area contributed by atoms with Crippen molar-refractivity contribution in [3.63, 3.8) is 0 Å². The first kappa shape index (κ1) is 20.4. The SMILES string of the molecule is COc1ccc2cc([C@]3(C)NC(=O)N(CC(=O)NCC(F)(F)F)C3=O)ccc2c1. The van der Waals surface area contributed by atoms with Gasteiger partial charge in [-0.3, -0.25) is 14.5 Å². The molecule has 0 spiro atoms. The van der Waals surface area contributed by atoms with Crippen LogP contribution >= 0.6 is 0 Å². The summed E-state index contributed by atoms with van der Waals surface area (Å²) in [6, 6.07) is 9.65. The van der Waals surface area contributed by atoms with Gasteiger partial charge in [-0.15, -0.1) is 0 Å². The highest BCUT2D eigenvalue weighted by molar-refractivity contribution is 6.09. The Hall–Kier alpha value is -3.30. The number of carbonyl (C=O) groups excluding carboxylic acids is 3. The van der Waals surface area contributed by atoms with E-state index in [1.165, 1.54) is 6.92 Å². The number of hydrogen-bond donors (Lipinski definition) is 2. The summed E-state index contributed by atoms with van der Waals surface area (Å²) in [7, 11) is 1.54. The van der Waals surface area contributed by atoms with E-state index in [9.17, 15) is 27.6 Å². The minimum atomic E-state index is -4.59. The maximum atomic E-state index is 12.8. The Morgan fingerprint density at radius 3 is 2.48 bits per heavy atom. The summed E-state index contributed by atoms with van der Waals surface area (Å²) in [6.45, 7) is -0.868. The second-order valence-electron chi connectivity index (χ2n) is 6.77. The third kappa shape index (κ3) is 4.10. The highest BCUT2D eigenvalue weighted by Gasteiger charge is 2.49. The van der Waals surface area contributed by atoms with Crippen LogP contribution in [-0.4, -0.2) is 49.1 Å². The quantitative estimate of drug-likeness (QED) is 0.742. The van der Waals surface area contributed by atoms with Crippen LogP contribution in [0.25, 0.3) is 10.8 Å². The highest BCUT2D eigenvalue weighted by Crippen LogP contribution is 2.32. The number of benzene rings is 2. The molecule has 29 heavy (non-hydrogen) atoms. The number of fused-ring (bicyclic) bond motifs is 1. The molecule has 0 radical (unpaired) electrons. The number of amides is 4. The fourth-order valence-corrected chi connectivity index (χ4v) is 3.10. The second kappa shape index (κ2) is 7.26. The number of carbonyl (C=O) groups is 3. The summed E-state index contributed by atoms with van der Waals surface area (Å²) in [5, 5.41) is 5.82.